The summed E-state index contributed by atoms with van der Waals surface area (Å²) in [7, 11) is -1.39. The Morgan fingerprint density at radius 2 is 2.11 bits per heavy atom. The van der Waals surface area contributed by atoms with E-state index in [1.54, 1.807) is 0 Å². The Kier molecular flexibility index (Phi) is 7.16. The summed E-state index contributed by atoms with van der Waals surface area (Å²) in [6.45, 7) is 5.15. The molecule has 0 spiro atoms. The van der Waals surface area contributed by atoms with Gasteiger partial charge in [0.25, 0.3) is 0 Å². The number of benzene rings is 1. The number of halogens is 2. The second-order valence-corrected chi connectivity index (χ2v) is 6.16. The van der Waals surface area contributed by atoms with E-state index in [-0.39, 0.29) is 4.90 Å². The predicted octanol–water partition coefficient (Wildman–Crippen LogP) is 3.24. The van der Waals surface area contributed by atoms with Crippen LogP contribution in [-0.4, -0.2) is 22.5 Å². The molecular formula is C14H21F2NOS. The van der Waals surface area contributed by atoms with E-state index in [1.807, 2.05) is 0 Å². The third-order valence-electron chi connectivity index (χ3n) is 2.85. The molecule has 1 aromatic rings. The lowest BCUT2D eigenvalue weighted by Gasteiger charge is -2.12. The summed E-state index contributed by atoms with van der Waals surface area (Å²) in [5.41, 5.74) is 0. The highest BCUT2D eigenvalue weighted by Gasteiger charge is 2.11. The van der Waals surface area contributed by atoms with Crippen LogP contribution in [-0.2, 0) is 10.8 Å². The Morgan fingerprint density at radius 3 is 2.74 bits per heavy atom. The molecule has 0 saturated heterocycles. The first kappa shape index (κ1) is 16.2. The Balaban J connectivity index is 2.39. The molecule has 1 aromatic carbocycles. The van der Waals surface area contributed by atoms with Crippen molar-refractivity contribution in [1.29, 1.82) is 0 Å². The van der Waals surface area contributed by atoms with Crippen molar-refractivity contribution in [2.45, 2.75) is 44.0 Å². The fourth-order valence-electron chi connectivity index (χ4n) is 1.78. The van der Waals surface area contributed by atoms with Gasteiger partial charge in [-0.05, 0) is 44.9 Å². The number of hydrogen-bond acceptors (Lipinski definition) is 2. The first-order chi connectivity index (χ1) is 9.04. The molecule has 2 unspecified atom stereocenters. The fourth-order valence-corrected chi connectivity index (χ4v) is 2.93. The van der Waals surface area contributed by atoms with Gasteiger partial charge in [0.2, 0.25) is 0 Å². The molecule has 0 heterocycles. The van der Waals surface area contributed by atoms with Gasteiger partial charge < -0.3 is 5.32 Å². The summed E-state index contributed by atoms with van der Waals surface area (Å²) < 4.78 is 38.0. The van der Waals surface area contributed by atoms with Crippen LogP contribution in [0.3, 0.4) is 0 Å². The van der Waals surface area contributed by atoms with Crippen LogP contribution in [0.4, 0.5) is 8.78 Å². The van der Waals surface area contributed by atoms with E-state index in [1.165, 1.54) is 6.07 Å². The second-order valence-electron chi connectivity index (χ2n) is 4.62. The highest BCUT2D eigenvalue weighted by atomic mass is 32.2. The van der Waals surface area contributed by atoms with Crippen molar-refractivity contribution in [3.63, 3.8) is 0 Å². The summed E-state index contributed by atoms with van der Waals surface area (Å²) in [5.74, 6) is -0.966. The zero-order chi connectivity index (χ0) is 14.3. The van der Waals surface area contributed by atoms with Gasteiger partial charge in [-0.1, -0.05) is 6.92 Å². The van der Waals surface area contributed by atoms with Crippen molar-refractivity contribution in [2.24, 2.45) is 0 Å². The van der Waals surface area contributed by atoms with Crippen molar-refractivity contribution in [3.8, 4) is 0 Å². The first-order valence-corrected chi connectivity index (χ1v) is 7.93. The van der Waals surface area contributed by atoms with Crippen LogP contribution in [0.15, 0.2) is 23.1 Å². The van der Waals surface area contributed by atoms with Crippen molar-refractivity contribution >= 4 is 10.8 Å². The fraction of sp³-hybridized carbons (Fsp3) is 0.571. The molecule has 0 aliphatic rings. The monoisotopic (exact) mass is 289 g/mol. The van der Waals surface area contributed by atoms with Crippen LogP contribution in [0, 0.1) is 11.6 Å². The zero-order valence-corrected chi connectivity index (χ0v) is 12.2. The third-order valence-corrected chi connectivity index (χ3v) is 4.33. The highest BCUT2D eigenvalue weighted by Crippen LogP contribution is 2.15. The summed E-state index contributed by atoms with van der Waals surface area (Å²) in [5, 5.41) is 3.34. The second kappa shape index (κ2) is 8.38. The van der Waals surface area contributed by atoms with Crippen molar-refractivity contribution in [3.05, 3.63) is 29.8 Å². The Bertz CT molecular complexity index is 426. The summed E-state index contributed by atoms with van der Waals surface area (Å²) in [6, 6.07) is 3.55. The van der Waals surface area contributed by atoms with E-state index in [9.17, 15) is 13.0 Å². The number of hydrogen-bond donors (Lipinski definition) is 1. The summed E-state index contributed by atoms with van der Waals surface area (Å²) in [6.07, 6.45) is 2.73. The van der Waals surface area contributed by atoms with Crippen molar-refractivity contribution in [2.75, 3.05) is 12.3 Å². The molecule has 0 aliphatic heterocycles. The quantitative estimate of drug-likeness (QED) is 0.796. The van der Waals surface area contributed by atoms with Gasteiger partial charge in [0, 0.05) is 17.9 Å². The SMILES string of the molecule is CCCNC(C)CCCS(=O)c1ccc(F)cc1F. The average Bonchev–Trinajstić information content (AvgIpc) is 2.36. The average molecular weight is 289 g/mol. The maximum absolute atomic E-state index is 13.4. The summed E-state index contributed by atoms with van der Waals surface area (Å²) in [4.78, 5) is 0.0931. The van der Waals surface area contributed by atoms with E-state index < -0.39 is 22.4 Å². The van der Waals surface area contributed by atoms with Gasteiger partial charge in [0.15, 0.2) is 0 Å². The van der Waals surface area contributed by atoms with Gasteiger partial charge in [-0.2, -0.15) is 0 Å². The molecule has 0 radical (unpaired) electrons. The topological polar surface area (TPSA) is 29.1 Å². The van der Waals surface area contributed by atoms with Gasteiger partial charge in [-0.25, -0.2) is 8.78 Å². The molecule has 0 aliphatic carbocycles. The van der Waals surface area contributed by atoms with Crippen LogP contribution >= 0.6 is 0 Å². The molecule has 0 aromatic heterocycles. The Labute approximate surface area is 116 Å². The molecule has 0 fully saturated rings. The molecule has 5 heteroatoms. The van der Waals surface area contributed by atoms with Gasteiger partial charge in [0.05, 0.1) is 15.7 Å². The number of nitrogens with one attached hydrogen (secondary N) is 1. The first-order valence-electron chi connectivity index (χ1n) is 6.61. The Morgan fingerprint density at radius 1 is 1.37 bits per heavy atom. The lowest BCUT2D eigenvalue weighted by atomic mass is 10.2. The minimum atomic E-state index is -1.39. The van der Waals surface area contributed by atoms with E-state index in [2.05, 4.69) is 19.2 Å². The minimum Gasteiger partial charge on any atom is -0.314 e. The standard InChI is InChI=1S/C14H21F2NOS/c1-3-8-17-11(2)5-4-9-19(18)14-7-6-12(15)10-13(14)16/h6-7,10-11,17H,3-5,8-9H2,1-2H3. The molecule has 2 atom stereocenters. The van der Waals surface area contributed by atoms with Crippen molar-refractivity contribution < 1.29 is 13.0 Å². The van der Waals surface area contributed by atoms with E-state index in [0.717, 1.165) is 37.9 Å². The van der Waals surface area contributed by atoms with Crippen LogP contribution in [0.2, 0.25) is 0 Å². The summed E-state index contributed by atoms with van der Waals surface area (Å²) >= 11 is 0. The normalized spacial score (nSPS) is 14.3. The predicted molar refractivity (Wildman–Crippen MR) is 74.6 cm³/mol. The lowest BCUT2D eigenvalue weighted by molar-refractivity contribution is 0.508. The van der Waals surface area contributed by atoms with Gasteiger partial charge in [-0.15, -0.1) is 0 Å². The van der Waals surface area contributed by atoms with E-state index >= 15 is 0 Å². The minimum absolute atomic E-state index is 0.0931. The molecule has 0 amide bonds. The molecule has 0 saturated carbocycles. The van der Waals surface area contributed by atoms with Crippen LogP contribution in [0.25, 0.3) is 0 Å². The maximum Gasteiger partial charge on any atom is 0.142 e. The molecule has 108 valence electrons. The maximum atomic E-state index is 13.4. The largest absolute Gasteiger partial charge is 0.314 e. The molecule has 2 nitrogen and oxygen atoms in total. The van der Waals surface area contributed by atoms with Crippen LogP contribution < -0.4 is 5.32 Å². The van der Waals surface area contributed by atoms with Gasteiger partial charge >= 0.3 is 0 Å². The smallest absolute Gasteiger partial charge is 0.142 e. The molecular weight excluding hydrogens is 268 g/mol. The molecule has 1 rings (SSSR count). The highest BCUT2D eigenvalue weighted by molar-refractivity contribution is 7.85. The van der Waals surface area contributed by atoms with Crippen LogP contribution in [0.5, 0.6) is 0 Å². The Hall–Kier alpha value is -0.810. The number of rotatable bonds is 8. The molecule has 19 heavy (non-hydrogen) atoms. The van der Waals surface area contributed by atoms with Gasteiger partial charge in [-0.3, -0.25) is 4.21 Å². The third kappa shape index (κ3) is 5.78. The van der Waals surface area contributed by atoms with E-state index in [0.29, 0.717) is 11.8 Å². The van der Waals surface area contributed by atoms with E-state index in [4.69, 9.17) is 0 Å². The van der Waals surface area contributed by atoms with Crippen LogP contribution in [0.1, 0.15) is 33.1 Å². The van der Waals surface area contributed by atoms with Gasteiger partial charge in [0.1, 0.15) is 11.6 Å². The van der Waals surface area contributed by atoms with Crippen molar-refractivity contribution in [1.82, 2.24) is 5.32 Å². The zero-order valence-electron chi connectivity index (χ0n) is 11.4. The molecule has 1 N–H and O–H groups in total. The molecule has 0 bridgehead atoms. The lowest BCUT2D eigenvalue weighted by Crippen LogP contribution is -2.26.